The number of hydrogen-bond donors (Lipinski definition) is 1. The summed E-state index contributed by atoms with van der Waals surface area (Å²) in [6, 6.07) is 0.179. The molecule has 1 amide bonds. The molecule has 5 heteroatoms. The normalized spacial score (nSPS) is 31.3. The summed E-state index contributed by atoms with van der Waals surface area (Å²) in [5.74, 6) is -1.22. The number of amides is 1. The zero-order chi connectivity index (χ0) is 14.0. The molecule has 19 heavy (non-hydrogen) atoms. The molecule has 1 saturated carbocycles. The van der Waals surface area contributed by atoms with Gasteiger partial charge in [0.1, 0.15) is 0 Å². The Morgan fingerprint density at radius 1 is 1.21 bits per heavy atom. The standard InChI is InChI=1S/C14H24N2O3/c1-10-13(17)15(2)8-11(14(18)19)9-16(10)12-6-4-3-5-7-12/h10-12H,3-9H2,1-2H3,(H,18,19). The molecule has 1 heterocycles. The van der Waals surface area contributed by atoms with E-state index in [-0.39, 0.29) is 11.9 Å². The average Bonchev–Trinajstić information content (AvgIpc) is 2.52. The van der Waals surface area contributed by atoms with Crippen molar-refractivity contribution in [3.8, 4) is 0 Å². The largest absolute Gasteiger partial charge is 0.481 e. The van der Waals surface area contributed by atoms with Crippen LogP contribution in [-0.4, -0.2) is 59.0 Å². The van der Waals surface area contributed by atoms with Crippen LogP contribution in [0.4, 0.5) is 0 Å². The number of likely N-dealkylation sites (N-methyl/N-ethyl adjacent to an activating group) is 1. The molecule has 1 N–H and O–H groups in total. The van der Waals surface area contributed by atoms with Crippen molar-refractivity contribution in [1.82, 2.24) is 9.80 Å². The minimum Gasteiger partial charge on any atom is -0.481 e. The topological polar surface area (TPSA) is 60.9 Å². The maximum Gasteiger partial charge on any atom is 0.309 e. The highest BCUT2D eigenvalue weighted by Crippen LogP contribution is 2.27. The first-order chi connectivity index (χ1) is 9.00. The van der Waals surface area contributed by atoms with Crippen molar-refractivity contribution in [2.45, 2.75) is 51.1 Å². The van der Waals surface area contributed by atoms with E-state index < -0.39 is 11.9 Å². The van der Waals surface area contributed by atoms with E-state index in [1.807, 2.05) is 6.92 Å². The number of carboxylic acids is 1. The van der Waals surface area contributed by atoms with Gasteiger partial charge in [-0.15, -0.1) is 0 Å². The molecular weight excluding hydrogens is 244 g/mol. The van der Waals surface area contributed by atoms with E-state index in [0.717, 1.165) is 12.8 Å². The van der Waals surface area contributed by atoms with E-state index >= 15 is 0 Å². The minimum absolute atomic E-state index is 0.0503. The lowest BCUT2D eigenvalue weighted by Gasteiger charge is -2.37. The summed E-state index contributed by atoms with van der Waals surface area (Å²) in [7, 11) is 1.71. The Hall–Kier alpha value is -1.10. The molecule has 2 rings (SSSR count). The van der Waals surface area contributed by atoms with Crippen molar-refractivity contribution in [3.63, 3.8) is 0 Å². The summed E-state index contributed by atoms with van der Waals surface area (Å²) in [5, 5.41) is 9.31. The summed E-state index contributed by atoms with van der Waals surface area (Å²) in [4.78, 5) is 27.3. The van der Waals surface area contributed by atoms with Crippen LogP contribution in [0.2, 0.25) is 0 Å². The highest BCUT2D eigenvalue weighted by atomic mass is 16.4. The van der Waals surface area contributed by atoms with Crippen LogP contribution in [0.5, 0.6) is 0 Å². The molecule has 0 bridgehead atoms. The monoisotopic (exact) mass is 268 g/mol. The second-order valence-electron chi connectivity index (χ2n) is 5.92. The first kappa shape index (κ1) is 14.3. The molecule has 2 unspecified atom stereocenters. The summed E-state index contributed by atoms with van der Waals surface area (Å²) in [6.07, 6.45) is 5.82. The maximum absolute atomic E-state index is 12.3. The van der Waals surface area contributed by atoms with Gasteiger partial charge in [-0.25, -0.2) is 0 Å². The molecule has 0 aromatic heterocycles. The molecule has 1 saturated heterocycles. The first-order valence-corrected chi connectivity index (χ1v) is 7.24. The van der Waals surface area contributed by atoms with Gasteiger partial charge in [-0.05, 0) is 19.8 Å². The number of carboxylic acid groups (broad SMARTS) is 1. The quantitative estimate of drug-likeness (QED) is 0.817. The zero-order valence-electron chi connectivity index (χ0n) is 11.8. The number of aliphatic carboxylic acids is 1. The van der Waals surface area contributed by atoms with Crippen LogP contribution >= 0.6 is 0 Å². The van der Waals surface area contributed by atoms with Crippen molar-refractivity contribution in [2.24, 2.45) is 5.92 Å². The minimum atomic E-state index is -0.797. The first-order valence-electron chi connectivity index (χ1n) is 7.24. The van der Waals surface area contributed by atoms with Gasteiger partial charge in [0.2, 0.25) is 5.91 Å². The van der Waals surface area contributed by atoms with Crippen LogP contribution in [-0.2, 0) is 9.59 Å². The Kier molecular flexibility index (Phi) is 4.45. The van der Waals surface area contributed by atoms with E-state index in [9.17, 15) is 14.7 Å². The van der Waals surface area contributed by atoms with E-state index in [1.165, 1.54) is 19.3 Å². The van der Waals surface area contributed by atoms with Gasteiger partial charge >= 0.3 is 5.97 Å². The van der Waals surface area contributed by atoms with Crippen LogP contribution in [0, 0.1) is 5.92 Å². The van der Waals surface area contributed by atoms with Crippen molar-refractivity contribution in [2.75, 3.05) is 20.1 Å². The number of carbonyl (C=O) groups excluding carboxylic acids is 1. The fourth-order valence-corrected chi connectivity index (χ4v) is 3.39. The predicted octanol–water partition coefficient (Wildman–Crippen LogP) is 1.18. The van der Waals surface area contributed by atoms with Gasteiger partial charge in [0, 0.05) is 26.2 Å². The Morgan fingerprint density at radius 2 is 1.84 bits per heavy atom. The zero-order valence-corrected chi connectivity index (χ0v) is 11.8. The van der Waals surface area contributed by atoms with E-state index in [2.05, 4.69) is 4.90 Å². The molecule has 0 radical (unpaired) electrons. The Morgan fingerprint density at radius 3 is 2.42 bits per heavy atom. The molecule has 2 fully saturated rings. The van der Waals surface area contributed by atoms with Crippen LogP contribution in [0.25, 0.3) is 0 Å². The maximum atomic E-state index is 12.3. The molecule has 1 aliphatic heterocycles. The van der Waals surface area contributed by atoms with E-state index in [1.54, 1.807) is 11.9 Å². The van der Waals surface area contributed by atoms with Gasteiger partial charge < -0.3 is 10.0 Å². The van der Waals surface area contributed by atoms with Gasteiger partial charge in [-0.2, -0.15) is 0 Å². The van der Waals surface area contributed by atoms with Crippen molar-refractivity contribution < 1.29 is 14.7 Å². The van der Waals surface area contributed by atoms with Crippen LogP contribution in [0.15, 0.2) is 0 Å². The highest BCUT2D eigenvalue weighted by molar-refractivity contribution is 5.83. The summed E-state index contributed by atoms with van der Waals surface area (Å²) < 4.78 is 0. The van der Waals surface area contributed by atoms with Gasteiger partial charge in [0.05, 0.1) is 12.0 Å². The Balaban J connectivity index is 2.17. The second-order valence-corrected chi connectivity index (χ2v) is 5.92. The molecule has 108 valence electrons. The third kappa shape index (κ3) is 3.08. The van der Waals surface area contributed by atoms with Crippen molar-refractivity contribution in [1.29, 1.82) is 0 Å². The second kappa shape index (κ2) is 5.90. The number of nitrogens with zero attached hydrogens (tertiary/aromatic N) is 2. The lowest BCUT2D eigenvalue weighted by molar-refractivity contribution is -0.142. The third-order valence-electron chi connectivity index (χ3n) is 4.55. The summed E-state index contributed by atoms with van der Waals surface area (Å²) in [5.41, 5.74) is 0. The van der Waals surface area contributed by atoms with Crippen LogP contribution < -0.4 is 0 Å². The molecule has 5 nitrogen and oxygen atoms in total. The molecular formula is C14H24N2O3. The predicted molar refractivity (Wildman–Crippen MR) is 71.8 cm³/mol. The molecule has 2 aliphatic rings. The third-order valence-corrected chi connectivity index (χ3v) is 4.55. The lowest BCUT2D eigenvalue weighted by Crippen LogP contribution is -2.48. The molecule has 0 aromatic rings. The molecule has 2 atom stereocenters. The van der Waals surface area contributed by atoms with Crippen LogP contribution in [0.1, 0.15) is 39.0 Å². The fourth-order valence-electron chi connectivity index (χ4n) is 3.39. The summed E-state index contributed by atoms with van der Waals surface area (Å²) in [6.45, 7) is 2.73. The lowest BCUT2D eigenvalue weighted by atomic mass is 9.92. The van der Waals surface area contributed by atoms with Gasteiger partial charge in [0.15, 0.2) is 0 Å². The van der Waals surface area contributed by atoms with Crippen LogP contribution in [0.3, 0.4) is 0 Å². The number of carbonyl (C=O) groups is 2. The smallest absolute Gasteiger partial charge is 0.309 e. The van der Waals surface area contributed by atoms with Crippen molar-refractivity contribution >= 4 is 11.9 Å². The SMILES string of the molecule is CC1C(=O)N(C)CC(C(=O)O)CN1C1CCCCC1. The fraction of sp³-hybridized carbons (Fsp3) is 0.857. The molecule has 0 aromatic carbocycles. The van der Waals surface area contributed by atoms with Crippen molar-refractivity contribution in [3.05, 3.63) is 0 Å². The van der Waals surface area contributed by atoms with Gasteiger partial charge in [0.25, 0.3) is 0 Å². The molecule has 1 aliphatic carbocycles. The van der Waals surface area contributed by atoms with E-state index in [0.29, 0.717) is 19.1 Å². The Bertz CT molecular complexity index is 353. The average molecular weight is 268 g/mol. The summed E-state index contributed by atoms with van der Waals surface area (Å²) >= 11 is 0. The Labute approximate surface area is 114 Å². The number of hydrogen-bond acceptors (Lipinski definition) is 3. The number of rotatable bonds is 2. The highest BCUT2D eigenvalue weighted by Gasteiger charge is 2.38. The van der Waals surface area contributed by atoms with Gasteiger partial charge in [-0.1, -0.05) is 19.3 Å². The molecule has 0 spiro atoms. The van der Waals surface area contributed by atoms with E-state index in [4.69, 9.17) is 0 Å². The van der Waals surface area contributed by atoms with Gasteiger partial charge in [-0.3, -0.25) is 14.5 Å².